The minimum Gasteiger partial charge on any atom is -0.484 e. The van der Waals surface area contributed by atoms with Crippen LogP contribution in [0.5, 0.6) is 5.75 Å². The lowest BCUT2D eigenvalue weighted by Crippen LogP contribution is -2.50. The van der Waals surface area contributed by atoms with Gasteiger partial charge in [0.2, 0.25) is 5.91 Å². The average Bonchev–Trinajstić information content (AvgIpc) is 2.78. The van der Waals surface area contributed by atoms with Gasteiger partial charge in [-0.3, -0.25) is 20.4 Å². The number of amides is 2. The highest BCUT2D eigenvalue weighted by molar-refractivity contribution is 7.80. The summed E-state index contributed by atoms with van der Waals surface area (Å²) in [5, 5.41) is 2.63. The van der Waals surface area contributed by atoms with Crippen LogP contribution in [0.2, 0.25) is 0 Å². The summed E-state index contributed by atoms with van der Waals surface area (Å²) in [6.07, 6.45) is 0. The van der Waals surface area contributed by atoms with Crippen molar-refractivity contribution in [1.82, 2.24) is 16.2 Å². The number of carbonyl (C=O) groups excluding carboxylic acids is 2. The number of hydrogen-bond donors (Lipinski definition) is 3. The highest BCUT2D eigenvalue weighted by atomic mass is 32.1. The van der Waals surface area contributed by atoms with Crippen LogP contribution in [0, 0.1) is 6.92 Å². The van der Waals surface area contributed by atoms with Crippen molar-refractivity contribution in [2.24, 2.45) is 0 Å². The van der Waals surface area contributed by atoms with E-state index in [1.165, 1.54) is 0 Å². The van der Waals surface area contributed by atoms with Gasteiger partial charge in [0.05, 0.1) is 5.92 Å². The third-order valence-electron chi connectivity index (χ3n) is 4.44. The fourth-order valence-corrected chi connectivity index (χ4v) is 3.17. The summed E-state index contributed by atoms with van der Waals surface area (Å²) < 4.78 is 5.43. The maximum absolute atomic E-state index is 13.0. The zero-order valence-corrected chi connectivity index (χ0v) is 17.8. The summed E-state index contributed by atoms with van der Waals surface area (Å²) in [5.41, 5.74) is 7.67. The van der Waals surface area contributed by atoms with Crippen LogP contribution in [0.15, 0.2) is 84.9 Å². The van der Waals surface area contributed by atoms with Crippen molar-refractivity contribution in [3.8, 4) is 5.75 Å². The number of nitrogens with one attached hydrogen (secondary N) is 3. The summed E-state index contributed by atoms with van der Waals surface area (Å²) in [7, 11) is 0. The first kappa shape index (κ1) is 22.0. The smallest absolute Gasteiger partial charge is 0.276 e. The van der Waals surface area contributed by atoms with E-state index < -0.39 is 11.8 Å². The Morgan fingerprint density at radius 1 is 0.871 bits per heavy atom. The monoisotopic (exact) mass is 433 g/mol. The molecule has 0 spiro atoms. The molecule has 31 heavy (non-hydrogen) atoms. The Hall–Kier alpha value is -3.71. The van der Waals surface area contributed by atoms with Gasteiger partial charge in [0.15, 0.2) is 11.7 Å². The van der Waals surface area contributed by atoms with Gasteiger partial charge >= 0.3 is 0 Å². The van der Waals surface area contributed by atoms with Crippen molar-refractivity contribution < 1.29 is 14.3 Å². The van der Waals surface area contributed by atoms with E-state index in [2.05, 4.69) is 16.2 Å². The standard InChI is InChI=1S/C24H23N3O3S/c1-17-9-8-14-20(15-17)30-16-21(28)26-27-24(31)25-23(29)22(18-10-4-2-5-11-18)19-12-6-3-7-13-19/h2-15,22H,16H2,1H3,(H,26,28)(H2,25,27,29,31). The van der Waals surface area contributed by atoms with Crippen LogP contribution >= 0.6 is 12.2 Å². The van der Waals surface area contributed by atoms with Gasteiger partial charge in [0, 0.05) is 0 Å². The van der Waals surface area contributed by atoms with Gasteiger partial charge in [-0.15, -0.1) is 0 Å². The predicted octanol–water partition coefficient (Wildman–Crippen LogP) is 3.23. The van der Waals surface area contributed by atoms with Gasteiger partial charge in [-0.2, -0.15) is 0 Å². The molecule has 0 heterocycles. The number of rotatable bonds is 6. The molecule has 0 atom stereocenters. The van der Waals surface area contributed by atoms with E-state index in [0.29, 0.717) is 5.75 Å². The first-order valence-corrected chi connectivity index (χ1v) is 10.1. The molecular formula is C24H23N3O3S. The molecule has 0 aliphatic rings. The third-order valence-corrected chi connectivity index (χ3v) is 4.64. The van der Waals surface area contributed by atoms with Crippen LogP contribution < -0.4 is 20.9 Å². The number of benzene rings is 3. The Balaban J connectivity index is 1.54. The van der Waals surface area contributed by atoms with Crippen molar-refractivity contribution >= 4 is 29.1 Å². The first-order valence-electron chi connectivity index (χ1n) is 9.72. The molecule has 6 nitrogen and oxygen atoms in total. The Labute approximate surface area is 186 Å². The van der Waals surface area contributed by atoms with Gasteiger partial charge in [-0.05, 0) is 48.0 Å². The van der Waals surface area contributed by atoms with E-state index in [1.54, 1.807) is 6.07 Å². The van der Waals surface area contributed by atoms with E-state index in [4.69, 9.17) is 17.0 Å². The lowest BCUT2D eigenvalue weighted by Gasteiger charge is -2.19. The molecule has 2 amide bonds. The molecule has 3 aromatic rings. The lowest BCUT2D eigenvalue weighted by molar-refractivity contribution is -0.124. The van der Waals surface area contributed by atoms with Crippen LogP contribution in [-0.2, 0) is 9.59 Å². The van der Waals surface area contributed by atoms with Crippen molar-refractivity contribution in [1.29, 1.82) is 0 Å². The number of thiocarbonyl (C=S) groups is 1. The fraction of sp³-hybridized carbons (Fsp3) is 0.125. The summed E-state index contributed by atoms with van der Waals surface area (Å²) in [4.78, 5) is 25.0. The Kier molecular flexibility index (Phi) is 7.73. The minimum atomic E-state index is -0.539. The molecule has 3 N–H and O–H groups in total. The Bertz CT molecular complexity index is 1000. The first-order chi connectivity index (χ1) is 15.0. The molecule has 158 valence electrons. The van der Waals surface area contributed by atoms with Gasteiger partial charge < -0.3 is 10.1 Å². The molecule has 0 unspecified atom stereocenters. The highest BCUT2D eigenvalue weighted by Crippen LogP contribution is 2.24. The maximum Gasteiger partial charge on any atom is 0.276 e. The molecule has 0 aliphatic carbocycles. The summed E-state index contributed by atoms with van der Waals surface area (Å²) in [6.45, 7) is 1.75. The van der Waals surface area contributed by atoms with Crippen LogP contribution in [0.25, 0.3) is 0 Å². The molecule has 0 aliphatic heterocycles. The number of hydrazine groups is 1. The summed E-state index contributed by atoms with van der Waals surface area (Å²) in [6, 6.07) is 26.2. The molecule has 0 saturated heterocycles. The molecule has 0 saturated carbocycles. The highest BCUT2D eigenvalue weighted by Gasteiger charge is 2.23. The van der Waals surface area contributed by atoms with Gasteiger partial charge in [0.1, 0.15) is 5.75 Å². The second kappa shape index (κ2) is 10.9. The average molecular weight is 434 g/mol. The van der Waals surface area contributed by atoms with Crippen LogP contribution in [0.4, 0.5) is 0 Å². The zero-order valence-electron chi connectivity index (χ0n) is 17.0. The topological polar surface area (TPSA) is 79.5 Å². The molecule has 0 bridgehead atoms. The van der Waals surface area contributed by atoms with E-state index in [1.807, 2.05) is 85.8 Å². The second-order valence-electron chi connectivity index (χ2n) is 6.85. The molecule has 3 aromatic carbocycles. The SMILES string of the molecule is Cc1cccc(OCC(=O)NNC(=S)NC(=O)C(c2ccccc2)c2ccccc2)c1. The number of hydrogen-bond acceptors (Lipinski definition) is 4. The third kappa shape index (κ3) is 6.65. The normalized spacial score (nSPS) is 10.3. The molecule has 0 aromatic heterocycles. The largest absolute Gasteiger partial charge is 0.484 e. The van der Waals surface area contributed by atoms with Crippen molar-refractivity contribution in [3.05, 3.63) is 102 Å². The van der Waals surface area contributed by atoms with Crippen LogP contribution in [0.1, 0.15) is 22.6 Å². The Morgan fingerprint density at radius 2 is 1.48 bits per heavy atom. The molecule has 3 rings (SSSR count). The van der Waals surface area contributed by atoms with Crippen LogP contribution in [-0.4, -0.2) is 23.5 Å². The predicted molar refractivity (Wildman–Crippen MR) is 123 cm³/mol. The number of aryl methyl sites for hydroxylation is 1. The van der Waals surface area contributed by atoms with Gasteiger partial charge in [-0.25, -0.2) is 0 Å². The Morgan fingerprint density at radius 3 is 2.06 bits per heavy atom. The van der Waals surface area contributed by atoms with E-state index >= 15 is 0 Å². The summed E-state index contributed by atoms with van der Waals surface area (Å²) in [5.74, 6) is -0.678. The van der Waals surface area contributed by atoms with E-state index in [-0.39, 0.29) is 17.6 Å². The summed E-state index contributed by atoms with van der Waals surface area (Å²) >= 11 is 5.16. The molecular weight excluding hydrogens is 410 g/mol. The quantitative estimate of drug-likeness (QED) is 0.411. The minimum absolute atomic E-state index is 0.00855. The van der Waals surface area contributed by atoms with Crippen molar-refractivity contribution in [3.63, 3.8) is 0 Å². The second-order valence-corrected chi connectivity index (χ2v) is 7.26. The number of carbonyl (C=O) groups is 2. The van der Waals surface area contributed by atoms with E-state index in [0.717, 1.165) is 16.7 Å². The lowest BCUT2D eigenvalue weighted by atomic mass is 9.90. The number of ether oxygens (including phenoxy) is 1. The van der Waals surface area contributed by atoms with Crippen LogP contribution in [0.3, 0.4) is 0 Å². The molecule has 0 radical (unpaired) electrons. The molecule has 7 heteroatoms. The van der Waals surface area contributed by atoms with Gasteiger partial charge in [-0.1, -0.05) is 72.8 Å². The van der Waals surface area contributed by atoms with Gasteiger partial charge in [0.25, 0.3) is 5.91 Å². The maximum atomic E-state index is 13.0. The van der Waals surface area contributed by atoms with Crippen molar-refractivity contribution in [2.45, 2.75) is 12.8 Å². The zero-order chi connectivity index (χ0) is 22.1. The fourth-order valence-electron chi connectivity index (χ4n) is 3.02. The van der Waals surface area contributed by atoms with E-state index in [9.17, 15) is 9.59 Å². The molecule has 0 fully saturated rings. The van der Waals surface area contributed by atoms with Crippen molar-refractivity contribution in [2.75, 3.05) is 6.61 Å².